The van der Waals surface area contributed by atoms with Crippen molar-refractivity contribution in [3.05, 3.63) is 0 Å². The number of rotatable bonds is 14. The van der Waals surface area contributed by atoms with Crippen LogP contribution in [0.3, 0.4) is 0 Å². The third kappa shape index (κ3) is 18.8. The second-order valence-electron chi connectivity index (χ2n) is 5.25. The normalized spacial score (nSPS) is 12.9. The summed E-state index contributed by atoms with van der Waals surface area (Å²) in [5, 5.41) is 8.89. The van der Waals surface area contributed by atoms with Gasteiger partial charge in [0.15, 0.2) is 0 Å². The smallest absolute Gasteiger partial charge is 1.00 e. The molecule has 0 saturated carbocycles. The zero-order valence-electron chi connectivity index (χ0n) is 14.9. The van der Waals surface area contributed by atoms with E-state index in [0.29, 0.717) is 0 Å². The third-order valence-electron chi connectivity index (χ3n) is 3.05. The first-order valence-electron chi connectivity index (χ1n) is 7.82. The zero-order valence-corrected chi connectivity index (χ0v) is 16.8. The van der Waals surface area contributed by atoms with Gasteiger partial charge in [-0.1, -0.05) is 64.7 Å². The maximum absolute atomic E-state index is 11.2. The average Bonchev–Trinajstić information content (AvgIpc) is 2.34. The van der Waals surface area contributed by atoms with E-state index in [-0.39, 0.29) is 37.6 Å². The van der Waals surface area contributed by atoms with Gasteiger partial charge < -0.3 is 6.53 Å². The molecule has 0 aromatic rings. The van der Waals surface area contributed by atoms with Gasteiger partial charge in [-0.25, -0.2) is 0 Å². The Balaban J connectivity index is -0.00000180. The molecule has 0 aliphatic heterocycles. The van der Waals surface area contributed by atoms with Crippen LogP contribution < -0.4 is 34.3 Å². The second-order valence-corrected chi connectivity index (χ2v) is 6.63. The van der Waals surface area contributed by atoms with E-state index in [0.717, 1.165) is 19.3 Å². The van der Waals surface area contributed by atoms with E-state index in [2.05, 4.69) is 6.92 Å². The first-order valence-corrected chi connectivity index (χ1v) is 9.23. The van der Waals surface area contributed by atoms with Crippen molar-refractivity contribution in [2.45, 2.75) is 84.3 Å². The minimum absolute atomic E-state index is 0. The molecule has 0 aliphatic carbocycles. The van der Waals surface area contributed by atoms with E-state index in [1.807, 2.05) is 4.72 Å². The molecule has 0 radical (unpaired) electrons. The van der Waals surface area contributed by atoms with Gasteiger partial charge in [0.1, 0.15) is 6.23 Å². The number of hydrogen-bond donors (Lipinski definition) is 2. The van der Waals surface area contributed by atoms with Crippen LogP contribution in [0.5, 0.6) is 0 Å². The Kier molecular flexibility index (Phi) is 18.0. The fourth-order valence-electron chi connectivity index (χ4n) is 2.00. The number of aliphatic hydroxyl groups is 1. The number of nitrogens with one attached hydrogen (secondary N) is 1. The zero-order chi connectivity index (χ0) is 15.3. The van der Waals surface area contributed by atoms with Gasteiger partial charge in [-0.3, -0.25) is 4.18 Å². The van der Waals surface area contributed by atoms with Crippen molar-refractivity contribution in [3.8, 4) is 0 Å². The van der Waals surface area contributed by atoms with Crippen LogP contribution in [0.25, 0.3) is 0 Å². The molecule has 0 amide bonds. The van der Waals surface area contributed by atoms with Crippen molar-refractivity contribution >= 4 is 10.3 Å². The van der Waals surface area contributed by atoms with E-state index in [1.165, 1.54) is 51.9 Å². The summed E-state index contributed by atoms with van der Waals surface area (Å²) in [4.78, 5) is 0. The van der Waals surface area contributed by atoms with Crippen LogP contribution in [0.15, 0.2) is 0 Å². The molecule has 0 bridgehead atoms. The summed E-state index contributed by atoms with van der Waals surface area (Å²) in [5.41, 5.74) is 0. The maximum Gasteiger partial charge on any atom is 1.00 e. The first-order chi connectivity index (χ1) is 9.48. The van der Waals surface area contributed by atoms with E-state index in [4.69, 9.17) is 9.29 Å². The molecule has 0 aromatic carbocycles. The van der Waals surface area contributed by atoms with Gasteiger partial charge in [-0.05, 0) is 13.3 Å². The number of hydrogen-bond acceptors (Lipinski definition) is 4. The Hall–Kier alpha value is 0.830. The molecule has 1 unspecified atom stereocenters. The SMILES string of the molecule is CCCCCCCCCCCCOS(=O)(=O)NC(C)O.[H-].[Na+]. The molecule has 2 N–H and O–H groups in total. The van der Waals surface area contributed by atoms with Crippen molar-refractivity contribution in [1.82, 2.24) is 4.72 Å². The van der Waals surface area contributed by atoms with Crippen LogP contribution in [-0.2, 0) is 14.5 Å². The molecule has 0 aliphatic rings. The van der Waals surface area contributed by atoms with Gasteiger partial charge in [0, 0.05) is 0 Å². The summed E-state index contributed by atoms with van der Waals surface area (Å²) >= 11 is 0. The standard InChI is InChI=1S/C14H31NO4S.Na.H/c1-3-4-5-6-7-8-9-10-11-12-13-19-20(17,18)15-14(2)16;;/h14-16H,3-13H2,1-2H3;;/q;+1;-1. The molecule has 0 spiro atoms. The molecular formula is C14H32NNaO4S. The molecule has 0 rings (SSSR count). The predicted molar refractivity (Wildman–Crippen MR) is 82.6 cm³/mol. The third-order valence-corrected chi connectivity index (χ3v) is 4.16. The monoisotopic (exact) mass is 333 g/mol. The van der Waals surface area contributed by atoms with Crippen molar-refractivity contribution < 1.29 is 48.7 Å². The van der Waals surface area contributed by atoms with Gasteiger partial charge in [-0.2, -0.15) is 13.1 Å². The fourth-order valence-corrected chi connectivity index (χ4v) is 2.82. The summed E-state index contributed by atoms with van der Waals surface area (Å²) in [6.07, 6.45) is 10.8. The van der Waals surface area contributed by atoms with Crippen LogP contribution in [0.2, 0.25) is 0 Å². The Morgan fingerprint density at radius 3 is 1.86 bits per heavy atom. The van der Waals surface area contributed by atoms with Gasteiger partial charge in [0.05, 0.1) is 6.61 Å². The Morgan fingerprint density at radius 1 is 1.00 bits per heavy atom. The van der Waals surface area contributed by atoms with E-state index in [1.54, 1.807) is 0 Å². The van der Waals surface area contributed by atoms with E-state index < -0.39 is 16.5 Å². The van der Waals surface area contributed by atoms with Crippen LogP contribution in [0.1, 0.15) is 79.5 Å². The molecule has 21 heavy (non-hydrogen) atoms. The van der Waals surface area contributed by atoms with Crippen molar-refractivity contribution in [1.29, 1.82) is 0 Å². The quantitative estimate of drug-likeness (QED) is 0.271. The minimum atomic E-state index is -3.79. The fraction of sp³-hybridized carbons (Fsp3) is 1.00. The van der Waals surface area contributed by atoms with E-state index in [9.17, 15) is 8.42 Å². The molecular weight excluding hydrogens is 301 g/mol. The molecule has 5 nitrogen and oxygen atoms in total. The Labute approximate surface area is 154 Å². The molecule has 124 valence electrons. The Bertz CT molecular complexity index is 316. The van der Waals surface area contributed by atoms with Crippen molar-refractivity contribution in [2.75, 3.05) is 6.61 Å². The summed E-state index contributed by atoms with van der Waals surface area (Å²) in [5.74, 6) is 0. The summed E-state index contributed by atoms with van der Waals surface area (Å²) in [6, 6.07) is 0. The van der Waals surface area contributed by atoms with E-state index >= 15 is 0 Å². The summed E-state index contributed by atoms with van der Waals surface area (Å²) in [6.45, 7) is 3.74. The van der Waals surface area contributed by atoms with Gasteiger partial charge >= 0.3 is 39.9 Å². The van der Waals surface area contributed by atoms with Crippen LogP contribution in [0, 0.1) is 0 Å². The van der Waals surface area contributed by atoms with Crippen molar-refractivity contribution in [2.24, 2.45) is 0 Å². The average molecular weight is 333 g/mol. The van der Waals surface area contributed by atoms with Crippen LogP contribution in [0.4, 0.5) is 0 Å². The summed E-state index contributed by atoms with van der Waals surface area (Å²) < 4.78 is 29.1. The largest absolute Gasteiger partial charge is 1.00 e. The van der Waals surface area contributed by atoms with Gasteiger partial charge in [0.25, 0.3) is 0 Å². The molecule has 0 heterocycles. The predicted octanol–water partition coefficient (Wildman–Crippen LogP) is 0.213. The van der Waals surface area contributed by atoms with Gasteiger partial charge in [0.2, 0.25) is 0 Å². The molecule has 1 atom stereocenters. The van der Waals surface area contributed by atoms with Crippen LogP contribution >= 0.6 is 0 Å². The maximum atomic E-state index is 11.2. The van der Waals surface area contributed by atoms with Gasteiger partial charge in [-0.15, -0.1) is 0 Å². The first kappa shape index (κ1) is 24.1. The summed E-state index contributed by atoms with van der Waals surface area (Å²) in [7, 11) is -3.79. The number of aliphatic hydroxyl groups excluding tert-OH is 1. The topological polar surface area (TPSA) is 75.6 Å². The second kappa shape index (κ2) is 15.7. The van der Waals surface area contributed by atoms with Crippen molar-refractivity contribution in [3.63, 3.8) is 0 Å². The molecule has 0 aromatic heterocycles. The molecule has 0 fully saturated rings. The van der Waals surface area contributed by atoms with Crippen LogP contribution in [-0.4, -0.2) is 26.4 Å². The number of unbranched alkanes of at least 4 members (excludes halogenated alkanes) is 9. The molecule has 0 saturated heterocycles. The minimum Gasteiger partial charge on any atom is -1.00 e. The Morgan fingerprint density at radius 2 is 1.43 bits per heavy atom. The molecule has 7 heteroatoms.